The van der Waals surface area contributed by atoms with Gasteiger partial charge in [0.2, 0.25) is 0 Å². The van der Waals surface area contributed by atoms with Crippen molar-refractivity contribution in [3.05, 3.63) is 47.9 Å². The van der Waals surface area contributed by atoms with Crippen molar-refractivity contribution >= 4 is 17.4 Å². The smallest absolute Gasteiger partial charge is 0.271 e. The summed E-state index contributed by atoms with van der Waals surface area (Å²) in [5, 5.41) is 2.88. The first kappa shape index (κ1) is 17.9. The van der Waals surface area contributed by atoms with Gasteiger partial charge in [-0.05, 0) is 38.0 Å². The lowest BCUT2D eigenvalue weighted by atomic mass is 10.2. The Hall–Kier alpha value is -2.43. The van der Waals surface area contributed by atoms with Crippen LogP contribution >= 0.6 is 0 Å². The number of benzene rings is 1. The minimum absolute atomic E-state index is 0.163. The Labute approximate surface area is 144 Å². The van der Waals surface area contributed by atoms with E-state index in [0.717, 1.165) is 37.3 Å². The van der Waals surface area contributed by atoms with Crippen LogP contribution in [-0.4, -0.2) is 29.0 Å². The number of anilines is 2. The first-order chi connectivity index (χ1) is 11.7. The molecule has 1 N–H and O–H groups in total. The van der Waals surface area contributed by atoms with Crippen LogP contribution in [0.2, 0.25) is 0 Å². The van der Waals surface area contributed by atoms with Crippen LogP contribution < -0.4 is 10.2 Å². The maximum absolute atomic E-state index is 12.0. The second-order valence-electron chi connectivity index (χ2n) is 5.81. The van der Waals surface area contributed by atoms with Gasteiger partial charge in [-0.25, -0.2) is 9.97 Å². The summed E-state index contributed by atoms with van der Waals surface area (Å²) in [6, 6.07) is 8.25. The van der Waals surface area contributed by atoms with Gasteiger partial charge in [0.1, 0.15) is 5.69 Å². The average Bonchev–Trinajstić information content (AvgIpc) is 2.60. The highest BCUT2D eigenvalue weighted by atomic mass is 16.1. The molecule has 0 atom stereocenters. The summed E-state index contributed by atoms with van der Waals surface area (Å²) >= 11 is 0. The quantitative estimate of drug-likeness (QED) is 0.748. The summed E-state index contributed by atoms with van der Waals surface area (Å²) in [4.78, 5) is 22.8. The van der Waals surface area contributed by atoms with Crippen LogP contribution in [0.5, 0.6) is 0 Å². The van der Waals surface area contributed by atoms with Crippen LogP contribution in [0.3, 0.4) is 0 Å². The van der Waals surface area contributed by atoms with E-state index < -0.39 is 0 Å². The molecule has 1 aromatic heterocycles. The molecule has 1 heterocycles. The fourth-order valence-corrected chi connectivity index (χ4v) is 2.52. The number of carbonyl (C=O) groups excluding carboxylic acids is 1. The summed E-state index contributed by atoms with van der Waals surface area (Å²) in [5.41, 5.74) is 2.63. The molecule has 0 bridgehead atoms. The van der Waals surface area contributed by atoms with Gasteiger partial charge in [0.25, 0.3) is 5.91 Å². The van der Waals surface area contributed by atoms with Gasteiger partial charge in [-0.15, -0.1) is 0 Å². The van der Waals surface area contributed by atoms with E-state index >= 15 is 0 Å². The van der Waals surface area contributed by atoms with E-state index in [1.165, 1.54) is 5.56 Å². The van der Waals surface area contributed by atoms with Gasteiger partial charge in [0, 0.05) is 18.8 Å². The molecule has 0 aliphatic heterocycles. The van der Waals surface area contributed by atoms with E-state index in [-0.39, 0.29) is 5.91 Å². The molecule has 0 fully saturated rings. The largest absolute Gasteiger partial charge is 0.351 e. The lowest BCUT2D eigenvalue weighted by molar-refractivity contribution is 0.0947. The highest BCUT2D eigenvalue weighted by molar-refractivity contribution is 5.92. The fourth-order valence-electron chi connectivity index (χ4n) is 2.52. The number of hydrogen-bond acceptors (Lipinski definition) is 4. The molecular formula is C19H26N4O. The van der Waals surface area contributed by atoms with E-state index in [2.05, 4.69) is 53.1 Å². The van der Waals surface area contributed by atoms with Crippen molar-refractivity contribution in [1.82, 2.24) is 15.3 Å². The Balaban J connectivity index is 2.06. The molecule has 0 saturated carbocycles. The Morgan fingerprint density at radius 2 is 2.00 bits per heavy atom. The van der Waals surface area contributed by atoms with E-state index in [9.17, 15) is 4.79 Å². The van der Waals surface area contributed by atoms with Crippen LogP contribution in [0.1, 0.15) is 49.2 Å². The van der Waals surface area contributed by atoms with E-state index in [4.69, 9.17) is 0 Å². The molecule has 0 aliphatic rings. The molecule has 2 aromatic rings. The maximum Gasteiger partial charge on any atom is 0.271 e. The minimum atomic E-state index is -0.163. The molecule has 5 nitrogen and oxygen atoms in total. The van der Waals surface area contributed by atoms with Crippen molar-refractivity contribution in [2.45, 2.75) is 40.0 Å². The van der Waals surface area contributed by atoms with Crippen molar-refractivity contribution < 1.29 is 4.79 Å². The van der Waals surface area contributed by atoms with Crippen LogP contribution in [0.15, 0.2) is 36.7 Å². The highest BCUT2D eigenvalue weighted by Gasteiger charge is 2.12. The van der Waals surface area contributed by atoms with Gasteiger partial charge in [-0.2, -0.15) is 0 Å². The molecule has 2 rings (SSSR count). The Bertz CT molecular complexity index is 655. The minimum Gasteiger partial charge on any atom is -0.351 e. The van der Waals surface area contributed by atoms with Crippen LogP contribution in [-0.2, 0) is 0 Å². The topological polar surface area (TPSA) is 58.1 Å². The van der Waals surface area contributed by atoms with Crippen LogP contribution in [0.25, 0.3) is 0 Å². The zero-order valence-corrected chi connectivity index (χ0v) is 14.7. The van der Waals surface area contributed by atoms with E-state index in [1.807, 2.05) is 12.1 Å². The summed E-state index contributed by atoms with van der Waals surface area (Å²) in [7, 11) is 0. The molecule has 0 unspecified atom stereocenters. The molecule has 0 saturated heterocycles. The van der Waals surface area contributed by atoms with Gasteiger partial charge in [0.15, 0.2) is 5.82 Å². The zero-order chi connectivity index (χ0) is 17.4. The first-order valence-corrected chi connectivity index (χ1v) is 8.60. The normalized spacial score (nSPS) is 10.5. The molecule has 24 heavy (non-hydrogen) atoms. The van der Waals surface area contributed by atoms with Crippen molar-refractivity contribution in [2.75, 3.05) is 18.0 Å². The van der Waals surface area contributed by atoms with Crippen LogP contribution in [0, 0.1) is 6.92 Å². The Kier molecular flexibility index (Phi) is 6.73. The molecule has 0 spiro atoms. The number of carbonyl (C=O) groups is 1. The summed E-state index contributed by atoms with van der Waals surface area (Å²) < 4.78 is 0. The summed E-state index contributed by atoms with van der Waals surface area (Å²) in [5.74, 6) is 0.578. The number of hydrogen-bond donors (Lipinski definition) is 1. The molecule has 5 heteroatoms. The number of nitrogens with zero attached hydrogens (tertiary/aromatic N) is 3. The van der Waals surface area contributed by atoms with Gasteiger partial charge >= 0.3 is 0 Å². The van der Waals surface area contributed by atoms with Crippen molar-refractivity contribution in [3.63, 3.8) is 0 Å². The lowest BCUT2D eigenvalue weighted by Gasteiger charge is -2.22. The highest BCUT2D eigenvalue weighted by Crippen LogP contribution is 2.23. The van der Waals surface area contributed by atoms with E-state index in [1.54, 1.807) is 12.4 Å². The molecule has 0 aliphatic carbocycles. The first-order valence-electron chi connectivity index (χ1n) is 8.60. The number of amides is 1. The molecule has 1 aromatic carbocycles. The van der Waals surface area contributed by atoms with Crippen LogP contribution in [0.4, 0.5) is 11.5 Å². The molecule has 0 radical (unpaired) electrons. The van der Waals surface area contributed by atoms with Crippen molar-refractivity contribution in [2.24, 2.45) is 0 Å². The standard InChI is InChI=1S/C19H26N4O/c1-4-6-7-11-20-19(24)17-13-22-18(14-21-17)23(5-2)16-10-8-9-15(3)12-16/h8-10,12-14H,4-7,11H2,1-3H3,(H,20,24). The lowest BCUT2D eigenvalue weighted by Crippen LogP contribution is -2.26. The third-order valence-corrected chi connectivity index (χ3v) is 3.84. The van der Waals surface area contributed by atoms with Crippen molar-refractivity contribution in [3.8, 4) is 0 Å². The predicted octanol–water partition coefficient (Wildman–Crippen LogP) is 3.86. The van der Waals surface area contributed by atoms with Crippen molar-refractivity contribution in [1.29, 1.82) is 0 Å². The number of rotatable bonds is 8. The van der Waals surface area contributed by atoms with Gasteiger partial charge in [0.05, 0.1) is 12.4 Å². The average molecular weight is 326 g/mol. The SMILES string of the molecule is CCCCCNC(=O)c1cnc(N(CC)c2cccc(C)c2)cn1. The summed E-state index contributed by atoms with van der Waals surface area (Å²) in [6.07, 6.45) is 6.45. The van der Waals surface area contributed by atoms with Gasteiger partial charge in [-0.1, -0.05) is 31.9 Å². The van der Waals surface area contributed by atoms with E-state index in [0.29, 0.717) is 12.2 Å². The number of unbranched alkanes of at least 4 members (excludes halogenated alkanes) is 2. The number of aryl methyl sites for hydroxylation is 1. The molecule has 1 amide bonds. The number of aromatic nitrogens is 2. The van der Waals surface area contributed by atoms with Gasteiger partial charge < -0.3 is 10.2 Å². The molecule has 128 valence electrons. The third-order valence-electron chi connectivity index (χ3n) is 3.84. The zero-order valence-electron chi connectivity index (χ0n) is 14.7. The molecular weight excluding hydrogens is 300 g/mol. The Morgan fingerprint density at radius 1 is 1.17 bits per heavy atom. The second kappa shape index (κ2) is 9.01. The maximum atomic E-state index is 12.0. The summed E-state index contributed by atoms with van der Waals surface area (Å²) in [6.45, 7) is 7.73. The monoisotopic (exact) mass is 326 g/mol. The predicted molar refractivity (Wildman–Crippen MR) is 97.7 cm³/mol. The second-order valence-corrected chi connectivity index (χ2v) is 5.81. The number of nitrogens with one attached hydrogen (secondary N) is 1. The Morgan fingerprint density at radius 3 is 2.62 bits per heavy atom. The fraction of sp³-hybridized carbons (Fsp3) is 0.421. The van der Waals surface area contributed by atoms with Gasteiger partial charge in [-0.3, -0.25) is 4.79 Å². The third kappa shape index (κ3) is 4.78.